The highest BCUT2D eigenvalue weighted by molar-refractivity contribution is 8.10. The number of carbonyl (C=O) groups is 3. The van der Waals surface area contributed by atoms with E-state index >= 15 is 0 Å². The number of ketones is 3. The van der Waals surface area contributed by atoms with E-state index in [4.69, 9.17) is 36.7 Å². The van der Waals surface area contributed by atoms with Crippen LogP contribution in [0, 0.1) is 5.41 Å². The zero-order valence-electron chi connectivity index (χ0n) is 19.6. The fourth-order valence-electron chi connectivity index (χ4n) is 4.46. The molecule has 3 saturated heterocycles. The van der Waals surface area contributed by atoms with Gasteiger partial charge in [-0.25, -0.2) is 0 Å². The summed E-state index contributed by atoms with van der Waals surface area (Å²) < 4.78 is 0. The topological polar surface area (TPSA) is 51.2 Å². The van der Waals surface area contributed by atoms with Crippen molar-refractivity contribution in [3.8, 4) is 0 Å². The molecule has 0 aliphatic carbocycles. The van der Waals surface area contributed by atoms with Crippen molar-refractivity contribution in [1.82, 2.24) is 0 Å². The van der Waals surface area contributed by atoms with Crippen molar-refractivity contribution in [2.45, 2.75) is 104 Å². The molecule has 3 aliphatic rings. The minimum atomic E-state index is -0.682. The summed E-state index contributed by atoms with van der Waals surface area (Å²) in [4.78, 5) is 41.4. The average Bonchev–Trinajstić information content (AvgIpc) is 3.62. The van der Waals surface area contributed by atoms with Gasteiger partial charge in [-0.2, -0.15) is 0 Å². The zero-order valence-corrected chi connectivity index (χ0v) is 24.5. The SMILES string of the molecule is CCC(CC(=O)CC(=S)C1S[C@H]1C)(CC(=O)CC(=S)C1S[C@H]1C)CC(=O)CC(=S)C1S[C@@H]1C. The van der Waals surface area contributed by atoms with Gasteiger partial charge in [-0.1, -0.05) is 64.3 Å². The Hall–Kier alpha value is 0.330. The molecule has 0 aromatic heterocycles. The van der Waals surface area contributed by atoms with E-state index in [1.54, 1.807) is 35.3 Å². The summed E-state index contributed by atoms with van der Waals surface area (Å²) in [5, 5.41) is 2.31. The first-order valence-electron chi connectivity index (χ1n) is 11.5. The van der Waals surface area contributed by atoms with Crippen LogP contribution in [0.1, 0.15) is 72.6 Å². The Morgan fingerprint density at radius 1 is 0.636 bits per heavy atom. The van der Waals surface area contributed by atoms with Crippen molar-refractivity contribution >= 4 is 104 Å². The van der Waals surface area contributed by atoms with Crippen molar-refractivity contribution in [2.75, 3.05) is 0 Å². The lowest BCUT2D eigenvalue weighted by Gasteiger charge is -2.31. The average molecular weight is 561 g/mol. The second-order valence-corrected chi connectivity index (χ2v) is 15.9. The van der Waals surface area contributed by atoms with Crippen molar-refractivity contribution in [1.29, 1.82) is 0 Å². The summed E-state index contributed by atoms with van der Waals surface area (Å²) >= 11 is 21.8. The second kappa shape index (κ2) is 11.6. The van der Waals surface area contributed by atoms with Crippen LogP contribution < -0.4 is 0 Å². The predicted molar refractivity (Wildman–Crippen MR) is 156 cm³/mol. The summed E-state index contributed by atoms with van der Waals surface area (Å²) in [6.45, 7) is 8.32. The lowest BCUT2D eigenvalue weighted by Crippen LogP contribution is -2.32. The van der Waals surface area contributed by atoms with Gasteiger partial charge in [0.1, 0.15) is 17.3 Å². The van der Waals surface area contributed by atoms with Gasteiger partial charge in [0, 0.05) is 84.6 Å². The standard InChI is InChI=1S/C24H32O3S6/c1-5-24(9-15(25)6-18(28)21-12(2)31-21,10-16(26)7-19(29)22-13(3)32-22)11-17(27)8-20(30)23-14(4)33-23/h12-14,21-23H,5-11H2,1-4H3/t12-,13-,14+,21?,22?,23?,24?/m0/s1. The third-order valence-corrected chi connectivity index (χ3v) is 12.4. The van der Waals surface area contributed by atoms with Crippen molar-refractivity contribution in [3.05, 3.63) is 0 Å². The van der Waals surface area contributed by atoms with E-state index in [0.717, 1.165) is 14.6 Å². The van der Waals surface area contributed by atoms with Gasteiger partial charge >= 0.3 is 0 Å². The number of hydrogen-bond donors (Lipinski definition) is 0. The molecule has 3 heterocycles. The molecule has 0 bridgehead atoms. The molecule has 3 fully saturated rings. The highest BCUT2D eigenvalue weighted by Crippen LogP contribution is 2.45. The van der Waals surface area contributed by atoms with Gasteiger partial charge in [-0.15, -0.1) is 35.3 Å². The normalized spacial score (nSPS) is 31.3. The van der Waals surface area contributed by atoms with Gasteiger partial charge in [-0.05, 0) is 11.8 Å². The quantitative estimate of drug-likeness (QED) is 0.166. The molecule has 0 saturated carbocycles. The first-order valence-corrected chi connectivity index (χ1v) is 15.6. The molecule has 0 amide bonds. The van der Waals surface area contributed by atoms with Crippen LogP contribution in [0.3, 0.4) is 0 Å². The fraction of sp³-hybridized carbons (Fsp3) is 0.750. The molecule has 9 heteroatoms. The minimum Gasteiger partial charge on any atom is -0.299 e. The molecule has 6 atom stereocenters. The fourth-order valence-corrected chi connectivity index (χ4v) is 8.63. The highest BCUT2D eigenvalue weighted by atomic mass is 32.2. The van der Waals surface area contributed by atoms with E-state index in [-0.39, 0.29) is 71.6 Å². The van der Waals surface area contributed by atoms with Crippen LogP contribution >= 0.6 is 71.9 Å². The predicted octanol–water partition coefficient (Wildman–Crippen LogP) is 6.05. The molecule has 33 heavy (non-hydrogen) atoms. The van der Waals surface area contributed by atoms with Crippen LogP contribution in [0.2, 0.25) is 0 Å². The zero-order chi connectivity index (χ0) is 24.5. The maximum absolute atomic E-state index is 13.0. The van der Waals surface area contributed by atoms with Crippen LogP contribution in [-0.2, 0) is 14.4 Å². The molecule has 0 radical (unpaired) electrons. The third kappa shape index (κ3) is 8.17. The van der Waals surface area contributed by atoms with E-state index < -0.39 is 5.41 Å². The van der Waals surface area contributed by atoms with E-state index in [1.807, 2.05) is 6.92 Å². The number of rotatable bonds is 16. The summed E-state index contributed by atoms with van der Waals surface area (Å²) in [7, 11) is 0. The van der Waals surface area contributed by atoms with Crippen LogP contribution in [0.4, 0.5) is 0 Å². The van der Waals surface area contributed by atoms with Gasteiger partial charge in [0.2, 0.25) is 0 Å². The van der Waals surface area contributed by atoms with Crippen molar-refractivity contribution in [3.63, 3.8) is 0 Å². The van der Waals surface area contributed by atoms with Crippen LogP contribution in [0.5, 0.6) is 0 Å². The molecule has 0 N–H and O–H groups in total. The lowest BCUT2D eigenvalue weighted by atomic mass is 9.71. The van der Waals surface area contributed by atoms with E-state index in [0.29, 0.717) is 22.2 Å². The molecule has 182 valence electrons. The molecule has 0 aromatic rings. The number of hydrogen-bond acceptors (Lipinski definition) is 9. The second-order valence-electron chi connectivity index (χ2n) is 9.71. The molecule has 3 nitrogen and oxygen atoms in total. The number of thiocarbonyl (C=S) groups is 3. The van der Waals surface area contributed by atoms with Crippen LogP contribution in [0.15, 0.2) is 0 Å². The first-order chi connectivity index (χ1) is 15.4. The molecular weight excluding hydrogens is 529 g/mol. The van der Waals surface area contributed by atoms with Crippen molar-refractivity contribution < 1.29 is 14.4 Å². The van der Waals surface area contributed by atoms with Crippen LogP contribution in [-0.4, -0.2) is 63.4 Å². The molecule has 0 aromatic carbocycles. The van der Waals surface area contributed by atoms with Gasteiger partial charge in [-0.3, -0.25) is 14.4 Å². The summed E-state index contributed by atoms with van der Waals surface area (Å²) in [5.74, 6) is 0.0973. The maximum Gasteiger partial charge on any atom is 0.138 e. The summed E-state index contributed by atoms with van der Waals surface area (Å²) in [5.41, 5.74) is -0.682. The van der Waals surface area contributed by atoms with E-state index in [2.05, 4.69) is 20.8 Å². The first kappa shape index (κ1) is 27.9. The highest BCUT2D eigenvalue weighted by Gasteiger charge is 2.43. The molecule has 0 spiro atoms. The number of carbonyl (C=O) groups excluding carboxylic acids is 3. The van der Waals surface area contributed by atoms with E-state index in [9.17, 15) is 14.4 Å². The van der Waals surface area contributed by atoms with Gasteiger partial charge < -0.3 is 0 Å². The Morgan fingerprint density at radius 2 is 0.879 bits per heavy atom. The minimum absolute atomic E-state index is 0.0324. The Labute approximate surface area is 226 Å². The maximum atomic E-state index is 13.0. The monoisotopic (exact) mass is 560 g/mol. The Balaban J connectivity index is 1.65. The summed E-state index contributed by atoms with van der Waals surface area (Å²) in [6.07, 6.45) is 1.96. The smallest absolute Gasteiger partial charge is 0.138 e. The van der Waals surface area contributed by atoms with Gasteiger partial charge in [0.05, 0.1) is 0 Å². The molecule has 3 rings (SSSR count). The Morgan fingerprint density at radius 3 is 1.06 bits per heavy atom. The molecular formula is C24H32O3S6. The number of thioether (sulfide) groups is 3. The van der Waals surface area contributed by atoms with Crippen LogP contribution in [0.25, 0.3) is 0 Å². The van der Waals surface area contributed by atoms with Gasteiger partial charge in [0.25, 0.3) is 0 Å². The van der Waals surface area contributed by atoms with Crippen molar-refractivity contribution in [2.24, 2.45) is 5.41 Å². The largest absolute Gasteiger partial charge is 0.299 e. The van der Waals surface area contributed by atoms with Gasteiger partial charge in [0.15, 0.2) is 0 Å². The Bertz CT molecular complexity index is 761. The molecule has 3 unspecified atom stereocenters. The molecule has 3 aliphatic heterocycles. The summed E-state index contributed by atoms with van der Waals surface area (Å²) in [6, 6.07) is 0. The number of Topliss-reactive ketones (excluding diaryl/α,β-unsaturated/α-hetero) is 3. The van der Waals surface area contributed by atoms with E-state index in [1.165, 1.54) is 0 Å². The lowest BCUT2D eigenvalue weighted by molar-refractivity contribution is -0.126. The third-order valence-electron chi connectivity index (χ3n) is 6.67. The Kier molecular flexibility index (Phi) is 9.80.